The number of alkyl halides is 2. The van der Waals surface area contributed by atoms with Gasteiger partial charge in [0.2, 0.25) is 0 Å². The molecule has 0 saturated heterocycles. The summed E-state index contributed by atoms with van der Waals surface area (Å²) < 4.78 is 32.8. The van der Waals surface area contributed by atoms with Gasteiger partial charge >= 0.3 is 6.61 Å². The first-order valence-electron chi connectivity index (χ1n) is 5.14. The van der Waals surface area contributed by atoms with Gasteiger partial charge in [-0.2, -0.15) is 8.78 Å². The van der Waals surface area contributed by atoms with Crippen LogP contribution in [0, 0.1) is 0 Å². The van der Waals surface area contributed by atoms with Gasteiger partial charge in [0.1, 0.15) is 5.75 Å². The number of rotatable bonds is 4. The topological polar surface area (TPSA) is 21.6 Å². The van der Waals surface area contributed by atoms with Gasteiger partial charge in [-0.3, -0.25) is 0 Å². The van der Waals surface area contributed by atoms with Gasteiger partial charge < -0.3 is 4.74 Å². The molecule has 1 rings (SSSR count). The van der Waals surface area contributed by atoms with E-state index in [1.165, 1.54) is 24.2 Å². The van der Waals surface area contributed by atoms with E-state index in [0.29, 0.717) is 5.56 Å². The highest BCUT2D eigenvalue weighted by atomic mass is 32.2. The second kappa shape index (κ2) is 6.00. The Labute approximate surface area is 104 Å². The second-order valence-corrected chi connectivity index (χ2v) is 5.97. The van der Waals surface area contributed by atoms with Gasteiger partial charge in [0, 0.05) is 16.5 Å². The van der Waals surface area contributed by atoms with Crippen LogP contribution in [0.2, 0.25) is 0 Å². The molecule has 0 amide bonds. The Balaban J connectivity index is 2.76. The normalized spacial score (nSPS) is 12.4. The van der Waals surface area contributed by atoms with E-state index in [1.807, 2.05) is 20.8 Å². The maximum absolute atomic E-state index is 12.1. The van der Waals surface area contributed by atoms with Crippen molar-refractivity contribution in [2.24, 2.45) is 4.40 Å². The van der Waals surface area contributed by atoms with Crippen molar-refractivity contribution in [2.75, 3.05) is 0 Å². The van der Waals surface area contributed by atoms with Crippen molar-refractivity contribution in [1.29, 1.82) is 0 Å². The van der Waals surface area contributed by atoms with Crippen LogP contribution in [0.3, 0.4) is 0 Å². The molecule has 1 aromatic rings. The average Bonchev–Trinajstić information content (AvgIpc) is 2.18. The summed E-state index contributed by atoms with van der Waals surface area (Å²) in [6.45, 7) is 3.25. The molecule has 0 aliphatic rings. The van der Waals surface area contributed by atoms with Gasteiger partial charge in [-0.1, -0.05) is 12.1 Å². The summed E-state index contributed by atoms with van der Waals surface area (Å²) in [5, 5.41) is 0. The Bertz CT molecular complexity index is 388. The van der Waals surface area contributed by atoms with Crippen molar-refractivity contribution in [1.82, 2.24) is 0 Å². The van der Waals surface area contributed by atoms with Crippen molar-refractivity contribution in [3.63, 3.8) is 0 Å². The van der Waals surface area contributed by atoms with Gasteiger partial charge in [0.25, 0.3) is 0 Å². The molecule has 0 saturated carbocycles. The van der Waals surface area contributed by atoms with E-state index < -0.39 is 6.61 Å². The third-order valence-electron chi connectivity index (χ3n) is 1.65. The lowest BCUT2D eigenvalue weighted by Gasteiger charge is -2.12. The first-order chi connectivity index (χ1) is 7.88. The molecule has 0 radical (unpaired) electrons. The molecule has 1 aromatic carbocycles. The lowest BCUT2D eigenvalue weighted by molar-refractivity contribution is -0.0499. The Morgan fingerprint density at radius 1 is 1.29 bits per heavy atom. The number of hydrogen-bond donors (Lipinski definition) is 0. The largest absolute Gasteiger partial charge is 0.434 e. The van der Waals surface area contributed by atoms with E-state index in [-0.39, 0.29) is 10.5 Å². The van der Waals surface area contributed by atoms with Crippen LogP contribution in [0.1, 0.15) is 26.3 Å². The highest BCUT2D eigenvalue weighted by molar-refractivity contribution is 7.99. The molecule has 0 heterocycles. The zero-order valence-corrected chi connectivity index (χ0v) is 10.8. The lowest BCUT2D eigenvalue weighted by Crippen LogP contribution is -2.06. The quantitative estimate of drug-likeness (QED) is 0.598. The Morgan fingerprint density at radius 3 is 2.53 bits per heavy atom. The van der Waals surface area contributed by atoms with Gasteiger partial charge in [0.15, 0.2) is 0 Å². The molecular weight excluding hydrogens is 244 g/mol. The monoisotopic (exact) mass is 259 g/mol. The van der Waals surface area contributed by atoms with Crippen LogP contribution in [0.4, 0.5) is 8.78 Å². The fraction of sp³-hybridized carbons (Fsp3) is 0.417. The van der Waals surface area contributed by atoms with Crippen molar-refractivity contribution in [3.8, 4) is 5.75 Å². The average molecular weight is 259 g/mol. The van der Waals surface area contributed by atoms with Gasteiger partial charge in [0.05, 0.1) is 0 Å². The molecule has 2 nitrogen and oxygen atoms in total. The first kappa shape index (κ1) is 14.0. The predicted molar refractivity (Wildman–Crippen MR) is 68.0 cm³/mol. The second-order valence-electron chi connectivity index (χ2n) is 4.35. The molecule has 0 aromatic heterocycles. The van der Waals surface area contributed by atoms with E-state index >= 15 is 0 Å². The molecular formula is C12H15F2NOS. The van der Waals surface area contributed by atoms with E-state index in [0.717, 1.165) is 0 Å². The van der Waals surface area contributed by atoms with E-state index in [2.05, 4.69) is 9.13 Å². The van der Waals surface area contributed by atoms with Crippen LogP contribution >= 0.6 is 11.9 Å². The standard InChI is InChI=1S/C12H15F2NOS/c1-12(2,3)17-15-8-9-6-4-5-7-10(9)16-11(13)14/h4-8,11H,1-3H3/b15-8+. The van der Waals surface area contributed by atoms with Crippen LogP contribution < -0.4 is 4.74 Å². The van der Waals surface area contributed by atoms with Crippen LogP contribution in [0.5, 0.6) is 5.75 Å². The Hall–Kier alpha value is -1.10. The van der Waals surface area contributed by atoms with Crippen molar-refractivity contribution in [2.45, 2.75) is 32.1 Å². The summed E-state index contributed by atoms with van der Waals surface area (Å²) in [6.07, 6.45) is 1.54. The van der Waals surface area contributed by atoms with Crippen LogP contribution in [-0.4, -0.2) is 17.6 Å². The van der Waals surface area contributed by atoms with Gasteiger partial charge in [-0.25, -0.2) is 4.40 Å². The summed E-state index contributed by atoms with van der Waals surface area (Å²) in [5.41, 5.74) is 0.546. The van der Waals surface area contributed by atoms with Crippen molar-refractivity contribution >= 4 is 18.2 Å². The number of hydrogen-bond acceptors (Lipinski definition) is 3. The number of halogens is 2. The van der Waals surface area contributed by atoms with E-state index in [1.54, 1.807) is 18.2 Å². The van der Waals surface area contributed by atoms with Crippen LogP contribution in [0.25, 0.3) is 0 Å². The summed E-state index contributed by atoms with van der Waals surface area (Å²) >= 11 is 1.38. The van der Waals surface area contributed by atoms with Crippen LogP contribution in [0.15, 0.2) is 28.7 Å². The summed E-state index contributed by atoms with van der Waals surface area (Å²) in [6, 6.07) is 6.58. The lowest BCUT2D eigenvalue weighted by atomic mass is 10.2. The zero-order valence-electron chi connectivity index (χ0n) is 9.98. The number of ether oxygens (including phenoxy) is 1. The van der Waals surface area contributed by atoms with E-state index in [9.17, 15) is 8.78 Å². The molecule has 0 atom stereocenters. The molecule has 0 fully saturated rings. The summed E-state index contributed by atoms with van der Waals surface area (Å²) in [5.74, 6) is 0.140. The fourth-order valence-corrected chi connectivity index (χ4v) is 1.51. The molecule has 0 unspecified atom stereocenters. The maximum atomic E-state index is 12.1. The third-order valence-corrected chi connectivity index (χ3v) is 2.41. The molecule has 0 bridgehead atoms. The molecule has 0 N–H and O–H groups in total. The molecule has 94 valence electrons. The smallest absolute Gasteiger partial charge is 0.387 e. The molecule has 0 spiro atoms. The minimum Gasteiger partial charge on any atom is -0.434 e. The minimum atomic E-state index is -2.82. The highest BCUT2D eigenvalue weighted by Crippen LogP contribution is 2.25. The number of para-hydroxylation sites is 1. The molecule has 17 heavy (non-hydrogen) atoms. The minimum absolute atomic E-state index is 0.00494. The predicted octanol–water partition coefficient (Wildman–Crippen LogP) is 4.15. The van der Waals surface area contributed by atoms with E-state index in [4.69, 9.17) is 0 Å². The molecule has 0 aliphatic heterocycles. The van der Waals surface area contributed by atoms with Crippen LogP contribution in [-0.2, 0) is 0 Å². The van der Waals surface area contributed by atoms with Gasteiger partial charge in [-0.15, -0.1) is 0 Å². The number of benzene rings is 1. The number of nitrogens with zero attached hydrogens (tertiary/aromatic N) is 1. The molecule has 5 heteroatoms. The SMILES string of the molecule is CC(C)(C)S/N=C/c1ccccc1OC(F)F. The summed E-state index contributed by atoms with van der Waals surface area (Å²) in [7, 11) is 0. The first-order valence-corrected chi connectivity index (χ1v) is 5.91. The maximum Gasteiger partial charge on any atom is 0.387 e. The third kappa shape index (κ3) is 5.68. The fourth-order valence-electron chi connectivity index (χ4n) is 1.03. The summed E-state index contributed by atoms with van der Waals surface area (Å²) in [4.78, 5) is 0. The Kier molecular flexibility index (Phi) is 4.93. The van der Waals surface area contributed by atoms with Crippen molar-refractivity contribution < 1.29 is 13.5 Å². The highest BCUT2D eigenvalue weighted by Gasteiger charge is 2.10. The van der Waals surface area contributed by atoms with Crippen molar-refractivity contribution in [3.05, 3.63) is 29.8 Å². The van der Waals surface area contributed by atoms with Gasteiger partial charge in [-0.05, 0) is 44.9 Å². The zero-order chi connectivity index (χ0) is 12.9. The Morgan fingerprint density at radius 2 is 1.94 bits per heavy atom. The molecule has 0 aliphatic carbocycles.